The van der Waals surface area contributed by atoms with Gasteiger partial charge in [-0.2, -0.15) is 5.10 Å². The second kappa shape index (κ2) is 21.8. The number of fused-ring (bicyclic) bond motifs is 3. The topological polar surface area (TPSA) is 254 Å². The van der Waals surface area contributed by atoms with E-state index in [0.717, 1.165) is 53.4 Å². The van der Waals surface area contributed by atoms with Crippen LogP contribution in [-0.2, 0) is 6.54 Å². The molecule has 11 aromatic rings. The van der Waals surface area contributed by atoms with Crippen molar-refractivity contribution < 1.29 is 8.78 Å². The molecule has 0 aliphatic carbocycles. The van der Waals surface area contributed by atoms with Crippen molar-refractivity contribution in [2.24, 2.45) is 0 Å². The standard InChI is InChI=1S/C28H24FN9.C25H22FN9.C2H6/c29-23-22-21(15-33-24(23)18-12-17(13-30-14-18)16-38-10-4-1-5-11-38)36-37-26(22)28-34-25-19(7-9-32-27(25)35-28)20-6-2-3-8-31-20;1-13(2)33-15-9-14(10-29-11-15)22-20(26)19(17(27)12-32-22)21(28)24-34-23-16(6-8-31-25(23)35-24)18-5-3-4-7-30-18;1-2/h2-3,6-9,12-15H,1,4-5,10-11,16H2,(H,36,37)(H,32,34,35);3-13,28,33H,27H2,1-2H3,(H,31,34,35);1-2H3. The van der Waals surface area contributed by atoms with Gasteiger partial charge >= 0.3 is 0 Å². The fourth-order valence-electron chi connectivity index (χ4n) is 9.01. The number of anilines is 2. The van der Waals surface area contributed by atoms with Gasteiger partial charge in [-0.05, 0) is 93.9 Å². The number of nitrogens with one attached hydrogen (secondary N) is 5. The van der Waals surface area contributed by atoms with E-state index < -0.39 is 11.6 Å². The highest BCUT2D eigenvalue weighted by Gasteiger charge is 2.25. The first-order valence-electron chi connectivity index (χ1n) is 24.6. The van der Waals surface area contributed by atoms with Gasteiger partial charge in [0.15, 0.2) is 34.6 Å². The van der Waals surface area contributed by atoms with E-state index in [1.807, 2.05) is 82.4 Å². The van der Waals surface area contributed by atoms with Crippen LogP contribution in [0.1, 0.15) is 63.9 Å². The average molecular weight is 1000 g/mol. The van der Waals surface area contributed by atoms with E-state index in [-0.39, 0.29) is 40.2 Å². The van der Waals surface area contributed by atoms with Gasteiger partial charge in [-0.15, -0.1) is 0 Å². The van der Waals surface area contributed by atoms with E-state index >= 15 is 8.78 Å². The zero-order valence-corrected chi connectivity index (χ0v) is 41.6. The monoisotopic (exact) mass is 1000 g/mol. The van der Waals surface area contributed by atoms with E-state index in [9.17, 15) is 0 Å². The fourth-order valence-corrected chi connectivity index (χ4v) is 9.01. The van der Waals surface area contributed by atoms with Gasteiger partial charge in [0.05, 0.1) is 62.7 Å². The van der Waals surface area contributed by atoms with Crippen LogP contribution in [0.3, 0.4) is 0 Å². The van der Waals surface area contributed by atoms with E-state index in [0.29, 0.717) is 55.9 Å². The molecule has 7 N–H and O–H groups in total. The van der Waals surface area contributed by atoms with Crippen LogP contribution in [-0.4, -0.2) is 99.7 Å². The number of halogens is 2. The Morgan fingerprint density at radius 3 is 2.01 bits per heavy atom. The summed E-state index contributed by atoms with van der Waals surface area (Å²) in [5.74, 6) is -0.652. The van der Waals surface area contributed by atoms with Gasteiger partial charge in [0.2, 0.25) is 0 Å². The quantitative estimate of drug-likeness (QED) is 0.0659. The van der Waals surface area contributed by atoms with Gasteiger partial charge in [-0.3, -0.25) is 45.3 Å². The van der Waals surface area contributed by atoms with Gasteiger partial charge in [0.1, 0.15) is 22.8 Å². The largest absolute Gasteiger partial charge is 0.397 e. The van der Waals surface area contributed by atoms with Crippen molar-refractivity contribution in [3.05, 3.63) is 151 Å². The Morgan fingerprint density at radius 2 is 1.33 bits per heavy atom. The van der Waals surface area contributed by atoms with Crippen LogP contribution >= 0.6 is 0 Å². The molecule has 1 fully saturated rings. The smallest absolute Gasteiger partial charge is 0.178 e. The van der Waals surface area contributed by atoms with Gasteiger partial charge < -0.3 is 21.0 Å². The minimum Gasteiger partial charge on any atom is -0.397 e. The molecule has 18 nitrogen and oxygen atoms in total. The third-order valence-electron chi connectivity index (χ3n) is 12.4. The number of piperidine rings is 1. The second-order valence-corrected chi connectivity index (χ2v) is 17.8. The SMILES string of the molecule is CC.CC(C)Nc1cncc(-c2ncc(N)c(C(=N)c3nc4nccc(-c5ccccn5)c4[nH]3)c2F)c1.Fc1c(-c2cncc(CN3CCCCC3)c2)ncc2[nH]nc(-c3nc4nccc(-c5ccccn5)c4[nH]3)c12. The van der Waals surface area contributed by atoms with Crippen molar-refractivity contribution in [2.75, 3.05) is 24.1 Å². The van der Waals surface area contributed by atoms with E-state index in [1.54, 1.807) is 55.5 Å². The third-order valence-corrected chi connectivity index (χ3v) is 12.4. The number of hydrogen-bond acceptors (Lipinski definition) is 15. The summed E-state index contributed by atoms with van der Waals surface area (Å²) in [6.07, 6.45) is 20.0. The average Bonchev–Trinajstić information content (AvgIpc) is 4.21. The predicted octanol–water partition coefficient (Wildman–Crippen LogP) is 10.6. The maximum atomic E-state index is 16.1. The van der Waals surface area contributed by atoms with Crippen LogP contribution in [0.25, 0.3) is 89.8 Å². The molecule has 0 aromatic carbocycles. The van der Waals surface area contributed by atoms with Crippen molar-refractivity contribution in [1.29, 1.82) is 5.41 Å². The molecule has 0 saturated carbocycles. The Bertz CT molecular complexity index is 3790. The molecule has 0 atom stereocenters. The lowest BCUT2D eigenvalue weighted by molar-refractivity contribution is 0.220. The van der Waals surface area contributed by atoms with Gasteiger partial charge in [0, 0.05) is 84.4 Å². The summed E-state index contributed by atoms with van der Waals surface area (Å²) in [7, 11) is 0. The molecular weight excluding hydrogens is 951 g/mol. The minimum atomic E-state index is -0.725. The molecule has 0 unspecified atom stereocenters. The van der Waals surface area contributed by atoms with Crippen LogP contribution in [0.15, 0.2) is 123 Å². The zero-order chi connectivity index (χ0) is 52.0. The second-order valence-electron chi connectivity index (χ2n) is 17.8. The summed E-state index contributed by atoms with van der Waals surface area (Å²) in [5, 5.41) is 19.6. The van der Waals surface area contributed by atoms with Crippen LogP contribution in [0.4, 0.5) is 20.2 Å². The molecule has 0 amide bonds. The first-order valence-corrected chi connectivity index (χ1v) is 24.6. The first-order chi connectivity index (χ1) is 36.7. The number of nitrogens with two attached hydrogens (primary N) is 1. The number of rotatable bonds is 11. The minimum absolute atomic E-state index is 0.0269. The van der Waals surface area contributed by atoms with Crippen LogP contribution < -0.4 is 11.1 Å². The number of hydrogen-bond donors (Lipinski definition) is 6. The number of aromatic amines is 3. The van der Waals surface area contributed by atoms with Crippen LogP contribution in [0.5, 0.6) is 0 Å². The summed E-state index contributed by atoms with van der Waals surface area (Å²) in [6, 6.07) is 18.9. The van der Waals surface area contributed by atoms with Crippen molar-refractivity contribution in [3.8, 4) is 56.5 Å². The zero-order valence-electron chi connectivity index (χ0n) is 41.6. The number of nitrogens with zero attached hydrogens (tertiary/aromatic N) is 12. The molecule has 11 aromatic heterocycles. The highest BCUT2D eigenvalue weighted by Crippen LogP contribution is 2.35. The summed E-state index contributed by atoms with van der Waals surface area (Å²) >= 11 is 0. The third kappa shape index (κ3) is 10.2. The molecule has 0 spiro atoms. The van der Waals surface area contributed by atoms with Crippen molar-refractivity contribution in [1.82, 2.24) is 74.9 Å². The number of H-pyrrole nitrogens is 3. The predicted molar refractivity (Wildman–Crippen MR) is 287 cm³/mol. The molecule has 1 aliphatic rings. The van der Waals surface area contributed by atoms with E-state index in [1.165, 1.54) is 31.7 Å². The first kappa shape index (κ1) is 49.3. The maximum absolute atomic E-state index is 16.1. The Morgan fingerprint density at radius 1 is 0.693 bits per heavy atom. The number of aromatic nitrogens is 14. The van der Waals surface area contributed by atoms with Gasteiger partial charge in [0.25, 0.3) is 0 Å². The highest BCUT2D eigenvalue weighted by atomic mass is 19.1. The lowest BCUT2D eigenvalue weighted by atomic mass is 10.0. The van der Waals surface area contributed by atoms with Crippen LogP contribution in [0.2, 0.25) is 0 Å². The highest BCUT2D eigenvalue weighted by molar-refractivity contribution is 6.13. The van der Waals surface area contributed by atoms with Crippen molar-refractivity contribution in [2.45, 2.75) is 59.5 Å². The maximum Gasteiger partial charge on any atom is 0.178 e. The summed E-state index contributed by atoms with van der Waals surface area (Å²) in [4.78, 5) is 52.6. The van der Waals surface area contributed by atoms with Crippen molar-refractivity contribution >= 4 is 50.3 Å². The fraction of sp³-hybridized carbons (Fsp3) is 0.200. The van der Waals surface area contributed by atoms with E-state index in [4.69, 9.17) is 11.1 Å². The van der Waals surface area contributed by atoms with Crippen molar-refractivity contribution in [3.63, 3.8) is 0 Å². The Balaban J connectivity index is 0.000000166. The normalized spacial score (nSPS) is 12.6. The molecule has 20 heteroatoms. The molecule has 376 valence electrons. The lowest BCUT2D eigenvalue weighted by Crippen LogP contribution is -2.29. The Labute approximate surface area is 429 Å². The lowest BCUT2D eigenvalue weighted by Gasteiger charge is -2.26. The molecular formula is C55H52F2N18. The van der Waals surface area contributed by atoms with Gasteiger partial charge in [-0.1, -0.05) is 32.4 Å². The molecule has 1 aliphatic heterocycles. The molecule has 1 saturated heterocycles. The number of nitrogen functional groups attached to an aromatic ring is 1. The molecule has 75 heavy (non-hydrogen) atoms. The molecule has 0 bridgehead atoms. The summed E-state index contributed by atoms with van der Waals surface area (Å²) in [6.45, 7) is 10.9. The van der Waals surface area contributed by atoms with E-state index in [2.05, 4.69) is 80.2 Å². The summed E-state index contributed by atoms with van der Waals surface area (Å²) < 4.78 is 31.8. The Hall–Kier alpha value is -9.30. The molecule has 12 heterocycles. The van der Waals surface area contributed by atoms with Crippen LogP contribution in [0, 0.1) is 17.0 Å². The molecule has 12 rings (SSSR count). The van der Waals surface area contributed by atoms with Gasteiger partial charge in [-0.25, -0.2) is 28.7 Å². The number of pyridine rings is 8. The summed E-state index contributed by atoms with van der Waals surface area (Å²) in [5.41, 5.74) is 15.1. The Kier molecular flexibility index (Phi) is 14.3. The number of likely N-dealkylation sites (tertiary alicyclic amines) is 1. The molecule has 0 radical (unpaired) electrons. The number of imidazole rings is 2.